The van der Waals surface area contributed by atoms with Gasteiger partial charge in [0.15, 0.2) is 0 Å². The lowest BCUT2D eigenvalue weighted by Crippen LogP contribution is -2.47. The van der Waals surface area contributed by atoms with Crippen LogP contribution in [0.25, 0.3) is 0 Å². The number of amides is 1. The minimum atomic E-state index is -1.03. The summed E-state index contributed by atoms with van der Waals surface area (Å²) < 4.78 is 11.9. The van der Waals surface area contributed by atoms with Crippen molar-refractivity contribution in [2.45, 2.75) is 25.0 Å². The molecule has 0 saturated carbocycles. The molecule has 0 radical (unpaired) electrons. The van der Waals surface area contributed by atoms with Crippen LogP contribution >= 0.6 is 15.9 Å². The molecule has 1 aromatic carbocycles. The molecule has 28 heavy (non-hydrogen) atoms. The van der Waals surface area contributed by atoms with Gasteiger partial charge in [-0.3, -0.25) is 0 Å². The summed E-state index contributed by atoms with van der Waals surface area (Å²) in [7, 11) is 0. The van der Waals surface area contributed by atoms with E-state index in [1.165, 1.54) is 0 Å². The summed E-state index contributed by atoms with van der Waals surface area (Å²) in [5.41, 5.74) is 0.935. The number of carboxylic acid groups (broad SMARTS) is 1. The molecule has 3 rings (SSSR count). The van der Waals surface area contributed by atoms with E-state index in [1.807, 2.05) is 36.4 Å². The Labute approximate surface area is 171 Å². The maximum absolute atomic E-state index is 12.4. The highest BCUT2D eigenvalue weighted by atomic mass is 79.9. The first-order valence-corrected chi connectivity index (χ1v) is 9.71. The highest BCUT2D eigenvalue weighted by Crippen LogP contribution is 2.37. The van der Waals surface area contributed by atoms with Crippen LogP contribution in [0.4, 0.5) is 4.79 Å². The predicted octanol–water partition coefficient (Wildman–Crippen LogP) is 3.57. The highest BCUT2D eigenvalue weighted by molar-refractivity contribution is 9.10. The second kappa shape index (κ2) is 9.16. The molecular weight excluding hydrogens is 428 g/mol. The van der Waals surface area contributed by atoms with Crippen LogP contribution in [0.3, 0.4) is 0 Å². The van der Waals surface area contributed by atoms with Gasteiger partial charge in [-0.2, -0.15) is 0 Å². The fourth-order valence-corrected chi connectivity index (χ4v) is 3.46. The summed E-state index contributed by atoms with van der Waals surface area (Å²) in [6.45, 7) is 0.620. The fraction of sp³-hybridized carbons (Fsp3) is 0.350. The molecule has 1 fully saturated rings. The summed E-state index contributed by atoms with van der Waals surface area (Å²) in [4.78, 5) is 29.3. The maximum Gasteiger partial charge on any atom is 0.410 e. The molecule has 2 heterocycles. The number of aromatic nitrogens is 1. The third kappa shape index (κ3) is 5.08. The van der Waals surface area contributed by atoms with Crippen molar-refractivity contribution in [1.82, 2.24) is 9.88 Å². The zero-order chi connectivity index (χ0) is 20.0. The Balaban J connectivity index is 1.63. The molecule has 0 aliphatic carbocycles. The Morgan fingerprint density at radius 2 is 1.86 bits per heavy atom. The Morgan fingerprint density at radius 1 is 1.14 bits per heavy atom. The van der Waals surface area contributed by atoms with Gasteiger partial charge in [-0.1, -0.05) is 36.4 Å². The average Bonchev–Trinajstić information content (AvgIpc) is 2.72. The molecule has 1 saturated heterocycles. The van der Waals surface area contributed by atoms with Crippen LogP contribution in [-0.4, -0.2) is 46.7 Å². The van der Waals surface area contributed by atoms with Crippen molar-refractivity contribution >= 4 is 28.0 Å². The smallest absolute Gasteiger partial charge is 0.410 e. The van der Waals surface area contributed by atoms with E-state index in [4.69, 9.17) is 14.6 Å². The second-order valence-corrected chi connectivity index (χ2v) is 7.39. The van der Waals surface area contributed by atoms with Crippen LogP contribution in [-0.2, 0) is 26.5 Å². The number of hydrogen-bond acceptors (Lipinski definition) is 5. The van der Waals surface area contributed by atoms with Gasteiger partial charge in [-0.25, -0.2) is 14.6 Å². The summed E-state index contributed by atoms with van der Waals surface area (Å²) in [6, 6.07) is 13.1. The molecule has 148 valence electrons. The van der Waals surface area contributed by atoms with Gasteiger partial charge in [0, 0.05) is 24.8 Å². The number of benzene rings is 1. The number of pyridine rings is 1. The van der Waals surface area contributed by atoms with Crippen molar-refractivity contribution < 1.29 is 24.2 Å². The van der Waals surface area contributed by atoms with Crippen LogP contribution in [0.2, 0.25) is 0 Å². The zero-order valence-electron chi connectivity index (χ0n) is 15.2. The van der Waals surface area contributed by atoms with E-state index < -0.39 is 18.2 Å². The second-order valence-electron chi connectivity index (χ2n) is 6.57. The van der Waals surface area contributed by atoms with Gasteiger partial charge in [-0.05, 0) is 40.4 Å². The van der Waals surface area contributed by atoms with Gasteiger partial charge >= 0.3 is 12.1 Å². The first-order chi connectivity index (χ1) is 13.5. The molecule has 1 aliphatic heterocycles. The predicted molar refractivity (Wildman–Crippen MR) is 105 cm³/mol. The standard InChI is InChI=1S/C20H21BrN2O5/c21-17-7-6-16(12-22-17)20(28-14-18(24)25)8-10-23(11-9-20)19(26)27-13-15-4-2-1-3-5-15/h1-7,12H,8-11,13-14H2,(H,24,25). The quantitative estimate of drug-likeness (QED) is 0.679. The summed E-state index contributed by atoms with van der Waals surface area (Å²) in [5.74, 6) is -1.03. The monoisotopic (exact) mass is 448 g/mol. The Kier molecular flexibility index (Phi) is 6.64. The topological polar surface area (TPSA) is 89.0 Å². The number of likely N-dealkylation sites (tertiary alicyclic amines) is 1. The van der Waals surface area contributed by atoms with Crippen molar-refractivity contribution in [2.75, 3.05) is 19.7 Å². The molecule has 7 nitrogen and oxygen atoms in total. The molecule has 0 spiro atoms. The number of rotatable bonds is 6. The zero-order valence-corrected chi connectivity index (χ0v) is 16.8. The van der Waals surface area contributed by atoms with E-state index in [0.29, 0.717) is 30.5 Å². The molecule has 1 aliphatic rings. The Morgan fingerprint density at radius 3 is 2.46 bits per heavy atom. The highest BCUT2D eigenvalue weighted by Gasteiger charge is 2.39. The normalized spacial score (nSPS) is 15.8. The number of carbonyl (C=O) groups is 2. The number of hydrogen-bond donors (Lipinski definition) is 1. The van der Waals surface area contributed by atoms with E-state index >= 15 is 0 Å². The van der Waals surface area contributed by atoms with Gasteiger partial charge in [0.05, 0.1) is 5.60 Å². The molecule has 2 aromatic rings. The van der Waals surface area contributed by atoms with E-state index in [-0.39, 0.29) is 12.7 Å². The van der Waals surface area contributed by atoms with E-state index in [2.05, 4.69) is 20.9 Å². The lowest BCUT2D eigenvalue weighted by atomic mass is 9.85. The van der Waals surface area contributed by atoms with Crippen molar-refractivity contribution in [1.29, 1.82) is 0 Å². The number of aliphatic carboxylic acids is 1. The first kappa shape index (κ1) is 20.3. The van der Waals surface area contributed by atoms with Gasteiger partial charge in [-0.15, -0.1) is 0 Å². The molecule has 0 atom stereocenters. The maximum atomic E-state index is 12.4. The third-order valence-electron chi connectivity index (χ3n) is 4.76. The summed E-state index contributed by atoms with van der Waals surface area (Å²) in [5, 5.41) is 9.04. The SMILES string of the molecule is O=C(O)COC1(c2ccc(Br)nc2)CCN(C(=O)OCc2ccccc2)CC1. The first-order valence-electron chi connectivity index (χ1n) is 8.92. The third-order valence-corrected chi connectivity index (χ3v) is 5.23. The largest absolute Gasteiger partial charge is 0.480 e. The average molecular weight is 449 g/mol. The van der Waals surface area contributed by atoms with Crippen LogP contribution in [0, 0.1) is 0 Å². The lowest BCUT2D eigenvalue weighted by molar-refractivity contribution is -0.154. The number of ether oxygens (including phenoxy) is 2. The van der Waals surface area contributed by atoms with Crippen molar-refractivity contribution in [3.05, 3.63) is 64.4 Å². The van der Waals surface area contributed by atoms with E-state index in [1.54, 1.807) is 17.2 Å². The van der Waals surface area contributed by atoms with Crippen LogP contribution < -0.4 is 0 Å². The Bertz CT molecular complexity index is 805. The van der Waals surface area contributed by atoms with E-state index in [9.17, 15) is 9.59 Å². The summed E-state index contributed by atoms with van der Waals surface area (Å²) in [6.07, 6.45) is 2.22. The molecule has 1 amide bonds. The molecule has 0 unspecified atom stereocenters. The van der Waals surface area contributed by atoms with Crippen LogP contribution in [0.15, 0.2) is 53.3 Å². The van der Waals surface area contributed by atoms with Crippen molar-refractivity contribution in [3.63, 3.8) is 0 Å². The number of halogens is 1. The minimum absolute atomic E-state index is 0.216. The number of carbonyl (C=O) groups excluding carboxylic acids is 1. The number of piperidine rings is 1. The molecular formula is C20H21BrN2O5. The molecule has 1 N–H and O–H groups in total. The lowest BCUT2D eigenvalue weighted by Gasteiger charge is -2.41. The number of nitrogens with zero attached hydrogens (tertiary/aromatic N) is 2. The number of carboxylic acids is 1. The van der Waals surface area contributed by atoms with Crippen molar-refractivity contribution in [2.24, 2.45) is 0 Å². The van der Waals surface area contributed by atoms with Gasteiger partial charge in [0.2, 0.25) is 0 Å². The molecule has 8 heteroatoms. The van der Waals surface area contributed by atoms with Gasteiger partial charge in [0.1, 0.15) is 17.8 Å². The fourth-order valence-electron chi connectivity index (χ4n) is 3.22. The van der Waals surface area contributed by atoms with Crippen LogP contribution in [0.5, 0.6) is 0 Å². The minimum Gasteiger partial charge on any atom is -0.480 e. The van der Waals surface area contributed by atoms with E-state index in [0.717, 1.165) is 11.1 Å². The van der Waals surface area contributed by atoms with Gasteiger partial charge < -0.3 is 19.5 Å². The molecule has 1 aromatic heterocycles. The summed E-state index contributed by atoms with van der Waals surface area (Å²) >= 11 is 3.30. The van der Waals surface area contributed by atoms with Crippen molar-refractivity contribution in [3.8, 4) is 0 Å². The Hall–Kier alpha value is -2.45. The van der Waals surface area contributed by atoms with Crippen LogP contribution in [0.1, 0.15) is 24.0 Å². The van der Waals surface area contributed by atoms with Gasteiger partial charge in [0.25, 0.3) is 0 Å². The molecule has 0 bridgehead atoms.